The molecule has 0 unspecified atom stereocenters. The fourth-order valence-electron chi connectivity index (χ4n) is 3.92. The van der Waals surface area contributed by atoms with Crippen molar-refractivity contribution in [2.45, 2.75) is 56.8 Å². The number of thioether (sulfide) groups is 1. The van der Waals surface area contributed by atoms with Crippen LogP contribution >= 0.6 is 23.1 Å². The third kappa shape index (κ3) is 3.86. The number of carbonyl (C=O) groups excluding carboxylic acids is 1. The second-order valence-corrected chi connectivity index (χ2v) is 10.1. The molecular formula is C20H27N3O3S2. The number of fused-ring (bicyclic) bond motifs is 3. The third-order valence-corrected chi connectivity index (χ3v) is 7.72. The van der Waals surface area contributed by atoms with Crippen LogP contribution in [-0.4, -0.2) is 52.9 Å². The molecule has 1 aliphatic heterocycles. The average molecular weight is 422 g/mol. The second kappa shape index (κ2) is 8.16. The van der Waals surface area contributed by atoms with Gasteiger partial charge in [0.05, 0.1) is 23.8 Å². The molecule has 0 radical (unpaired) electrons. The Morgan fingerprint density at radius 3 is 2.93 bits per heavy atom. The van der Waals surface area contributed by atoms with Crippen molar-refractivity contribution in [3.8, 4) is 0 Å². The van der Waals surface area contributed by atoms with Crippen LogP contribution in [0.25, 0.3) is 10.2 Å². The van der Waals surface area contributed by atoms with Crippen LogP contribution in [0.15, 0.2) is 9.95 Å². The van der Waals surface area contributed by atoms with Gasteiger partial charge >= 0.3 is 0 Å². The number of ether oxygens (including phenoxy) is 1. The Morgan fingerprint density at radius 2 is 2.21 bits per heavy atom. The molecule has 2 aromatic heterocycles. The van der Waals surface area contributed by atoms with Crippen molar-refractivity contribution in [1.82, 2.24) is 14.5 Å². The topological polar surface area (TPSA) is 64.4 Å². The van der Waals surface area contributed by atoms with E-state index < -0.39 is 0 Å². The predicted molar refractivity (Wildman–Crippen MR) is 113 cm³/mol. The van der Waals surface area contributed by atoms with Crippen LogP contribution in [0.5, 0.6) is 0 Å². The number of aromatic nitrogens is 2. The van der Waals surface area contributed by atoms with Gasteiger partial charge in [0.2, 0.25) is 5.91 Å². The molecule has 2 aromatic rings. The minimum atomic E-state index is 0.0160. The largest absolute Gasteiger partial charge is 0.376 e. The molecule has 8 heteroatoms. The van der Waals surface area contributed by atoms with E-state index in [1.54, 1.807) is 34.9 Å². The van der Waals surface area contributed by atoms with Crippen LogP contribution in [0, 0.1) is 5.92 Å². The molecule has 152 valence electrons. The van der Waals surface area contributed by atoms with Crippen LogP contribution in [0.3, 0.4) is 0 Å². The number of rotatable bonds is 5. The first-order valence-corrected chi connectivity index (χ1v) is 11.7. The number of hydrogen-bond donors (Lipinski definition) is 0. The second-order valence-electron chi connectivity index (χ2n) is 8.05. The van der Waals surface area contributed by atoms with Gasteiger partial charge in [0, 0.05) is 25.6 Å². The molecule has 1 amide bonds. The summed E-state index contributed by atoms with van der Waals surface area (Å²) in [5, 5.41) is 1.43. The molecule has 1 saturated heterocycles. The van der Waals surface area contributed by atoms with Crippen molar-refractivity contribution in [3.05, 3.63) is 20.8 Å². The van der Waals surface area contributed by atoms with Crippen LogP contribution < -0.4 is 5.56 Å². The lowest BCUT2D eigenvalue weighted by Crippen LogP contribution is -2.30. The summed E-state index contributed by atoms with van der Waals surface area (Å²) in [7, 11) is 3.49. The molecule has 4 rings (SSSR count). The van der Waals surface area contributed by atoms with Gasteiger partial charge in [-0.1, -0.05) is 18.7 Å². The van der Waals surface area contributed by atoms with E-state index in [2.05, 4.69) is 6.92 Å². The number of amides is 1. The van der Waals surface area contributed by atoms with Crippen LogP contribution in [0.2, 0.25) is 0 Å². The first-order valence-electron chi connectivity index (χ1n) is 9.93. The smallest absolute Gasteiger partial charge is 0.263 e. The Morgan fingerprint density at radius 1 is 1.39 bits per heavy atom. The van der Waals surface area contributed by atoms with Gasteiger partial charge in [-0.15, -0.1) is 11.3 Å². The van der Waals surface area contributed by atoms with E-state index in [-0.39, 0.29) is 23.3 Å². The summed E-state index contributed by atoms with van der Waals surface area (Å²) in [5.74, 6) is 0.946. The van der Waals surface area contributed by atoms with Gasteiger partial charge in [-0.25, -0.2) is 4.98 Å². The summed E-state index contributed by atoms with van der Waals surface area (Å²) in [4.78, 5) is 34.1. The van der Waals surface area contributed by atoms with Crippen LogP contribution in [-0.2, 0) is 28.9 Å². The monoisotopic (exact) mass is 421 g/mol. The zero-order valence-corrected chi connectivity index (χ0v) is 18.3. The van der Waals surface area contributed by atoms with E-state index in [1.165, 1.54) is 22.2 Å². The van der Waals surface area contributed by atoms with E-state index in [9.17, 15) is 9.59 Å². The molecule has 2 aliphatic rings. The van der Waals surface area contributed by atoms with E-state index >= 15 is 0 Å². The summed E-state index contributed by atoms with van der Waals surface area (Å²) < 4.78 is 7.54. The zero-order chi connectivity index (χ0) is 19.8. The van der Waals surface area contributed by atoms with Gasteiger partial charge < -0.3 is 9.64 Å². The SMILES string of the molecule is C[C@@H]1CCc2c(sc3nc(SCC(=O)N(C)C)n(C[C@@H]4CCCO4)c(=O)c23)C1. The fourth-order valence-corrected chi connectivity index (χ4v) is 6.33. The van der Waals surface area contributed by atoms with Gasteiger partial charge in [-0.05, 0) is 43.6 Å². The number of thiophene rings is 1. The van der Waals surface area contributed by atoms with E-state index in [0.29, 0.717) is 17.6 Å². The molecule has 0 aromatic carbocycles. The Hall–Kier alpha value is -1.38. The van der Waals surface area contributed by atoms with Gasteiger partial charge in [0.1, 0.15) is 4.83 Å². The summed E-state index contributed by atoms with van der Waals surface area (Å²) in [6.45, 7) is 3.54. The minimum absolute atomic E-state index is 0.0160. The van der Waals surface area contributed by atoms with Gasteiger partial charge in [-0.3, -0.25) is 14.2 Å². The number of aryl methyl sites for hydroxylation is 1. The molecule has 0 spiro atoms. The summed E-state index contributed by atoms with van der Waals surface area (Å²) in [6.07, 6.45) is 5.16. The molecule has 1 fully saturated rings. The molecule has 1 aliphatic carbocycles. The molecule has 3 heterocycles. The molecular weight excluding hydrogens is 394 g/mol. The highest BCUT2D eigenvalue weighted by molar-refractivity contribution is 7.99. The van der Waals surface area contributed by atoms with Crippen molar-refractivity contribution in [1.29, 1.82) is 0 Å². The Bertz CT molecular complexity index is 944. The Labute approximate surface area is 173 Å². The lowest BCUT2D eigenvalue weighted by molar-refractivity contribution is -0.125. The molecule has 28 heavy (non-hydrogen) atoms. The van der Waals surface area contributed by atoms with Gasteiger partial charge in [0.15, 0.2) is 5.16 Å². The highest BCUT2D eigenvalue weighted by atomic mass is 32.2. The molecule has 0 N–H and O–H groups in total. The first kappa shape index (κ1) is 19.9. The molecule has 2 atom stereocenters. The van der Waals surface area contributed by atoms with Crippen molar-refractivity contribution >= 4 is 39.2 Å². The Kier molecular flexibility index (Phi) is 5.81. The van der Waals surface area contributed by atoms with E-state index in [1.807, 2.05) is 0 Å². The fraction of sp³-hybridized carbons (Fsp3) is 0.650. The average Bonchev–Trinajstić information content (AvgIpc) is 3.28. The highest BCUT2D eigenvalue weighted by Gasteiger charge is 2.26. The number of nitrogens with zero attached hydrogens (tertiary/aromatic N) is 3. The maximum Gasteiger partial charge on any atom is 0.263 e. The number of carbonyl (C=O) groups is 1. The normalized spacial score (nSPS) is 21.8. The van der Waals surface area contributed by atoms with Crippen molar-refractivity contribution in [2.75, 3.05) is 26.5 Å². The summed E-state index contributed by atoms with van der Waals surface area (Å²) >= 11 is 3.01. The Balaban J connectivity index is 1.76. The lowest BCUT2D eigenvalue weighted by Gasteiger charge is -2.18. The quantitative estimate of drug-likeness (QED) is 0.549. The van der Waals surface area contributed by atoms with Crippen molar-refractivity contribution in [2.24, 2.45) is 5.92 Å². The zero-order valence-electron chi connectivity index (χ0n) is 16.7. The van der Waals surface area contributed by atoms with E-state index in [4.69, 9.17) is 9.72 Å². The molecule has 6 nitrogen and oxygen atoms in total. The predicted octanol–water partition coefficient (Wildman–Crippen LogP) is 2.94. The summed E-state index contributed by atoms with van der Waals surface area (Å²) in [5.41, 5.74) is 1.24. The van der Waals surface area contributed by atoms with Crippen LogP contribution in [0.4, 0.5) is 0 Å². The lowest BCUT2D eigenvalue weighted by atomic mass is 9.89. The van der Waals surface area contributed by atoms with Crippen LogP contribution in [0.1, 0.15) is 36.6 Å². The first-order chi connectivity index (χ1) is 13.4. The molecule has 0 bridgehead atoms. The van der Waals surface area contributed by atoms with Gasteiger partial charge in [0.25, 0.3) is 5.56 Å². The molecule has 0 saturated carbocycles. The maximum atomic E-state index is 13.5. The number of hydrogen-bond acceptors (Lipinski definition) is 6. The standard InChI is InChI=1S/C20H27N3O3S2/c1-12-6-7-14-15(9-12)28-18-17(14)19(25)23(10-13-5-4-8-26-13)20(21-18)27-11-16(24)22(2)3/h12-13H,4-11H2,1-3H3/t12-,13+/m1/s1. The summed E-state index contributed by atoms with van der Waals surface area (Å²) in [6, 6.07) is 0. The maximum absolute atomic E-state index is 13.5. The van der Waals surface area contributed by atoms with E-state index in [0.717, 1.165) is 48.9 Å². The van der Waals surface area contributed by atoms with Crippen molar-refractivity contribution < 1.29 is 9.53 Å². The third-order valence-electron chi connectivity index (χ3n) is 5.61. The van der Waals surface area contributed by atoms with Crippen molar-refractivity contribution in [3.63, 3.8) is 0 Å². The highest BCUT2D eigenvalue weighted by Crippen LogP contribution is 2.36. The van der Waals surface area contributed by atoms with Gasteiger partial charge in [-0.2, -0.15) is 0 Å². The minimum Gasteiger partial charge on any atom is -0.376 e.